The van der Waals surface area contributed by atoms with E-state index >= 15 is 0 Å². The zero-order chi connectivity index (χ0) is 27.5. The number of carbonyl (C=O) groups is 1. The van der Waals surface area contributed by atoms with Gasteiger partial charge in [0.05, 0.1) is 16.3 Å². The van der Waals surface area contributed by atoms with E-state index in [9.17, 15) is 4.79 Å². The summed E-state index contributed by atoms with van der Waals surface area (Å²) in [6.07, 6.45) is 5.93. The number of halogens is 3. The smallest absolute Gasteiger partial charge is 0.336 e. The molecule has 0 atom stereocenters. The monoisotopic (exact) mass is 618 g/mol. The van der Waals surface area contributed by atoms with E-state index in [1.807, 2.05) is 60.3 Å². The number of hydrogen-bond donors (Lipinski definition) is 1. The molecule has 1 N–H and O–H groups in total. The number of aryl methyl sites for hydroxylation is 1. The fourth-order valence-corrected chi connectivity index (χ4v) is 5.04. The van der Waals surface area contributed by atoms with Gasteiger partial charge >= 0.3 is 5.97 Å². The van der Waals surface area contributed by atoms with E-state index in [-0.39, 0.29) is 5.56 Å². The summed E-state index contributed by atoms with van der Waals surface area (Å²) in [5.41, 5.74) is 4.97. The molecule has 194 valence electrons. The highest BCUT2D eigenvalue weighted by molar-refractivity contribution is 9.10. The van der Waals surface area contributed by atoms with Crippen LogP contribution in [0.5, 0.6) is 11.5 Å². The van der Waals surface area contributed by atoms with Crippen LogP contribution in [0.25, 0.3) is 34.5 Å². The van der Waals surface area contributed by atoms with E-state index in [0.717, 1.165) is 33.8 Å². The van der Waals surface area contributed by atoms with Crippen molar-refractivity contribution in [2.45, 2.75) is 0 Å². The summed E-state index contributed by atoms with van der Waals surface area (Å²) in [6, 6.07) is 26.1. The molecule has 39 heavy (non-hydrogen) atoms. The highest BCUT2D eigenvalue weighted by atomic mass is 79.9. The molecule has 0 fully saturated rings. The number of carboxylic acid groups (broad SMARTS) is 1. The van der Waals surface area contributed by atoms with E-state index in [4.69, 9.17) is 38.0 Å². The van der Waals surface area contributed by atoms with E-state index in [0.29, 0.717) is 26.0 Å². The first kappa shape index (κ1) is 26.8. The second-order valence-electron chi connectivity index (χ2n) is 8.75. The lowest BCUT2D eigenvalue weighted by molar-refractivity contribution is 0.0696. The normalized spacial score (nSPS) is 11.2. The number of hydrogen-bond acceptors (Lipinski definition) is 3. The second kappa shape index (κ2) is 11.5. The van der Waals surface area contributed by atoms with Gasteiger partial charge in [-0.3, -0.25) is 0 Å². The summed E-state index contributed by atoms with van der Waals surface area (Å²) < 4.78 is 8.29. The SMILES string of the molecule is Cn1cc(-c2ccc(Cl)cc2Cl)nc1C=Cc1ccc(-c2ccc(Oc3ccc(C(=O)O)c(Br)c3)cc2)cc1. The number of rotatable bonds is 7. The molecule has 5 aromatic rings. The highest BCUT2D eigenvalue weighted by Gasteiger charge is 2.11. The first-order chi connectivity index (χ1) is 18.8. The summed E-state index contributed by atoms with van der Waals surface area (Å²) in [7, 11) is 1.94. The van der Waals surface area contributed by atoms with Crippen molar-refractivity contribution in [3.63, 3.8) is 0 Å². The predicted octanol–water partition coefficient (Wildman–Crippen LogP) is 9.48. The Balaban J connectivity index is 1.26. The molecule has 0 bridgehead atoms. The number of imidazole rings is 1. The largest absolute Gasteiger partial charge is 0.478 e. The van der Waals surface area contributed by atoms with Gasteiger partial charge in [0.2, 0.25) is 0 Å². The molecule has 0 aliphatic heterocycles. The topological polar surface area (TPSA) is 64.4 Å². The summed E-state index contributed by atoms with van der Waals surface area (Å²) in [5, 5.41) is 10.3. The molecule has 1 aromatic heterocycles. The van der Waals surface area contributed by atoms with E-state index in [2.05, 4.69) is 40.2 Å². The maximum absolute atomic E-state index is 11.2. The lowest BCUT2D eigenvalue weighted by Gasteiger charge is -2.09. The van der Waals surface area contributed by atoms with Crippen molar-refractivity contribution >= 4 is 57.3 Å². The van der Waals surface area contributed by atoms with Crippen LogP contribution in [0.4, 0.5) is 0 Å². The summed E-state index contributed by atoms with van der Waals surface area (Å²) in [6.45, 7) is 0. The van der Waals surface area contributed by atoms with Crippen LogP contribution in [-0.2, 0) is 7.05 Å². The van der Waals surface area contributed by atoms with Crippen LogP contribution in [0.1, 0.15) is 21.7 Å². The van der Waals surface area contributed by atoms with Gasteiger partial charge in [-0.25, -0.2) is 9.78 Å². The van der Waals surface area contributed by atoms with Gasteiger partial charge in [-0.2, -0.15) is 0 Å². The fourth-order valence-electron chi connectivity index (χ4n) is 4.00. The second-order valence-corrected chi connectivity index (χ2v) is 10.4. The minimum Gasteiger partial charge on any atom is -0.478 e. The van der Waals surface area contributed by atoms with Crippen molar-refractivity contribution in [3.8, 4) is 33.9 Å². The van der Waals surface area contributed by atoms with Crippen molar-refractivity contribution < 1.29 is 14.6 Å². The molecule has 0 saturated carbocycles. The average Bonchev–Trinajstić information content (AvgIpc) is 3.28. The summed E-state index contributed by atoms with van der Waals surface area (Å²) in [4.78, 5) is 15.9. The van der Waals surface area contributed by atoms with Gasteiger partial charge in [-0.15, -0.1) is 0 Å². The molecule has 0 spiro atoms. The molecule has 0 saturated heterocycles. The van der Waals surface area contributed by atoms with Gasteiger partial charge in [-0.05, 0) is 87.2 Å². The molecule has 4 aromatic carbocycles. The number of benzene rings is 4. The molecule has 8 heteroatoms. The minimum atomic E-state index is -0.996. The molecule has 0 aliphatic carbocycles. The molecule has 5 nitrogen and oxygen atoms in total. The molecular formula is C31H21BrCl2N2O3. The Morgan fingerprint density at radius 2 is 1.56 bits per heavy atom. The lowest BCUT2D eigenvalue weighted by Crippen LogP contribution is -1.97. The fraction of sp³-hybridized carbons (Fsp3) is 0.0323. The third-order valence-corrected chi connectivity index (χ3v) is 7.25. The molecule has 1 heterocycles. The number of carboxylic acids is 1. The summed E-state index contributed by atoms with van der Waals surface area (Å²) >= 11 is 15.6. The van der Waals surface area contributed by atoms with Gasteiger partial charge < -0.3 is 14.4 Å². The van der Waals surface area contributed by atoms with Crippen LogP contribution in [0.15, 0.2) is 95.6 Å². The van der Waals surface area contributed by atoms with Crippen LogP contribution in [-0.4, -0.2) is 20.6 Å². The number of ether oxygens (including phenoxy) is 1. The van der Waals surface area contributed by atoms with Crippen LogP contribution in [0.3, 0.4) is 0 Å². The first-order valence-corrected chi connectivity index (χ1v) is 13.4. The highest BCUT2D eigenvalue weighted by Crippen LogP contribution is 2.31. The number of aromatic nitrogens is 2. The molecule has 0 unspecified atom stereocenters. The molecule has 0 aliphatic rings. The molecule has 0 radical (unpaired) electrons. The van der Waals surface area contributed by atoms with Crippen molar-refractivity contribution in [3.05, 3.63) is 123 Å². The Kier molecular flexibility index (Phi) is 7.89. The Bertz CT molecular complexity index is 1690. The van der Waals surface area contributed by atoms with E-state index < -0.39 is 5.97 Å². The van der Waals surface area contributed by atoms with E-state index in [1.165, 1.54) is 6.07 Å². The summed E-state index contributed by atoms with van der Waals surface area (Å²) in [5.74, 6) is 1.01. The van der Waals surface area contributed by atoms with Crippen LogP contribution >= 0.6 is 39.1 Å². The Morgan fingerprint density at radius 3 is 2.21 bits per heavy atom. The third-order valence-electron chi connectivity index (χ3n) is 6.05. The molecule has 5 rings (SSSR count). The quantitative estimate of drug-likeness (QED) is 0.197. The first-order valence-electron chi connectivity index (χ1n) is 11.8. The van der Waals surface area contributed by atoms with Crippen molar-refractivity contribution in [2.24, 2.45) is 7.05 Å². The van der Waals surface area contributed by atoms with Gasteiger partial charge in [0, 0.05) is 28.3 Å². The maximum Gasteiger partial charge on any atom is 0.336 e. The Hall–Kier alpha value is -3.84. The van der Waals surface area contributed by atoms with Crippen LogP contribution < -0.4 is 4.74 Å². The molecule has 0 amide bonds. The average molecular weight is 620 g/mol. The zero-order valence-electron chi connectivity index (χ0n) is 20.6. The van der Waals surface area contributed by atoms with Crippen LogP contribution in [0.2, 0.25) is 10.0 Å². The zero-order valence-corrected chi connectivity index (χ0v) is 23.7. The minimum absolute atomic E-state index is 0.184. The molecular weight excluding hydrogens is 599 g/mol. The Morgan fingerprint density at radius 1 is 0.897 bits per heavy atom. The van der Waals surface area contributed by atoms with Gasteiger partial charge in [0.25, 0.3) is 0 Å². The Labute approximate surface area is 244 Å². The van der Waals surface area contributed by atoms with Crippen molar-refractivity contribution in [1.29, 1.82) is 0 Å². The van der Waals surface area contributed by atoms with Crippen LogP contribution in [0, 0.1) is 0 Å². The van der Waals surface area contributed by atoms with Gasteiger partial charge in [-0.1, -0.05) is 65.7 Å². The van der Waals surface area contributed by atoms with Gasteiger partial charge in [0.1, 0.15) is 17.3 Å². The number of nitrogens with zero attached hydrogens (tertiary/aromatic N) is 2. The number of aromatic carboxylic acids is 1. The lowest BCUT2D eigenvalue weighted by atomic mass is 10.0. The van der Waals surface area contributed by atoms with Crippen molar-refractivity contribution in [2.75, 3.05) is 0 Å². The predicted molar refractivity (Wildman–Crippen MR) is 161 cm³/mol. The van der Waals surface area contributed by atoms with Crippen molar-refractivity contribution in [1.82, 2.24) is 9.55 Å². The third kappa shape index (κ3) is 6.25. The van der Waals surface area contributed by atoms with E-state index in [1.54, 1.807) is 24.3 Å². The standard InChI is InChI=1S/C31H21BrCl2N2O3/c1-36-18-29(26-13-9-22(33)16-28(26)34)35-30(36)15-4-19-2-5-20(6-3-19)21-7-10-23(11-8-21)39-24-12-14-25(31(37)38)27(32)17-24/h2-18H,1H3,(H,37,38). The maximum atomic E-state index is 11.2. The van der Waals surface area contributed by atoms with Gasteiger partial charge in [0.15, 0.2) is 0 Å².